The van der Waals surface area contributed by atoms with E-state index in [9.17, 15) is 10.1 Å². The third-order valence-electron chi connectivity index (χ3n) is 2.92. The largest absolute Gasteiger partial charge is 0.269 e. The Morgan fingerprint density at radius 1 is 1.32 bits per heavy atom. The number of nitro benzene ring substituents is 1. The van der Waals surface area contributed by atoms with Crippen LogP contribution in [-0.4, -0.2) is 28.8 Å². The van der Waals surface area contributed by atoms with Gasteiger partial charge in [0.05, 0.1) is 16.5 Å². The van der Waals surface area contributed by atoms with E-state index in [0.717, 1.165) is 5.69 Å². The zero-order chi connectivity index (χ0) is 13.4. The lowest BCUT2D eigenvalue weighted by Crippen LogP contribution is -2.35. The first-order valence-electron chi connectivity index (χ1n) is 5.49. The van der Waals surface area contributed by atoms with Crippen molar-refractivity contribution in [2.24, 2.45) is 21.0 Å². The van der Waals surface area contributed by atoms with Crippen molar-refractivity contribution in [2.75, 3.05) is 5.01 Å². The minimum Gasteiger partial charge on any atom is -0.258 e. The molecule has 1 aromatic carbocycles. The van der Waals surface area contributed by atoms with Gasteiger partial charge in [0, 0.05) is 18.3 Å². The maximum absolute atomic E-state index is 10.6. The van der Waals surface area contributed by atoms with Crippen LogP contribution in [0, 0.1) is 16.0 Å². The Morgan fingerprint density at radius 3 is 2.74 bits per heavy atom. The second kappa shape index (κ2) is 4.43. The average Bonchev–Trinajstić information content (AvgIpc) is 2.84. The Bertz CT molecular complexity index is 610. The van der Waals surface area contributed by atoms with Gasteiger partial charge in [-0.15, -0.1) is 0 Å². The number of nitro groups is 1. The lowest BCUT2D eigenvalue weighted by atomic mass is 10.1. The van der Waals surface area contributed by atoms with Crippen molar-refractivity contribution in [1.82, 2.24) is 0 Å². The highest BCUT2D eigenvalue weighted by Crippen LogP contribution is 2.30. The van der Waals surface area contributed by atoms with Gasteiger partial charge in [-0.05, 0) is 12.1 Å². The molecule has 19 heavy (non-hydrogen) atoms. The van der Waals surface area contributed by atoms with Crippen molar-refractivity contribution in [3.05, 3.63) is 34.4 Å². The van der Waals surface area contributed by atoms with Gasteiger partial charge in [-0.25, -0.2) is 15.0 Å². The highest BCUT2D eigenvalue weighted by atomic mass is 35.5. The molecule has 0 fully saturated rings. The maximum atomic E-state index is 10.6. The third kappa shape index (κ3) is 1.97. The second-order valence-electron chi connectivity index (χ2n) is 4.04. The fourth-order valence-electron chi connectivity index (χ4n) is 1.97. The zero-order valence-electron chi connectivity index (χ0n) is 9.55. The normalized spacial score (nSPS) is 24.3. The summed E-state index contributed by atoms with van der Waals surface area (Å²) in [6.07, 6.45) is 2.80. The van der Waals surface area contributed by atoms with Crippen LogP contribution >= 0.6 is 11.6 Å². The van der Waals surface area contributed by atoms with Gasteiger partial charge in [-0.1, -0.05) is 11.6 Å². The summed E-state index contributed by atoms with van der Waals surface area (Å²) in [6, 6.07) is 6.13. The minimum absolute atomic E-state index is 0.0372. The number of rotatable bonds is 2. The molecule has 0 radical (unpaired) electrons. The van der Waals surface area contributed by atoms with Gasteiger partial charge in [-0.3, -0.25) is 10.1 Å². The number of hydrogen-bond donors (Lipinski definition) is 0. The first-order chi connectivity index (χ1) is 9.16. The van der Waals surface area contributed by atoms with E-state index in [-0.39, 0.29) is 17.8 Å². The molecule has 3 rings (SSSR count). The van der Waals surface area contributed by atoms with Gasteiger partial charge in [0.2, 0.25) is 0 Å². The van der Waals surface area contributed by atoms with Crippen LogP contribution in [0.4, 0.5) is 11.4 Å². The quantitative estimate of drug-likeness (QED) is 0.612. The maximum Gasteiger partial charge on any atom is 0.269 e. The number of aliphatic imine (C=N–C) groups is 2. The molecule has 7 nitrogen and oxygen atoms in total. The van der Waals surface area contributed by atoms with Crippen molar-refractivity contribution in [2.45, 2.75) is 6.17 Å². The molecule has 0 amide bonds. The molecule has 2 aliphatic heterocycles. The van der Waals surface area contributed by atoms with E-state index in [1.165, 1.54) is 18.5 Å². The van der Waals surface area contributed by atoms with Crippen LogP contribution in [0.3, 0.4) is 0 Å². The first kappa shape index (κ1) is 11.8. The van der Waals surface area contributed by atoms with E-state index in [0.29, 0.717) is 5.17 Å². The third-order valence-corrected chi connectivity index (χ3v) is 3.27. The van der Waals surface area contributed by atoms with Crippen molar-refractivity contribution >= 4 is 40.7 Å². The molecular formula is C11H8ClN5O2. The van der Waals surface area contributed by atoms with Crippen molar-refractivity contribution in [1.29, 1.82) is 0 Å². The lowest BCUT2D eigenvalue weighted by Gasteiger charge is -2.24. The predicted molar refractivity (Wildman–Crippen MR) is 73.1 cm³/mol. The number of benzene rings is 1. The molecule has 0 saturated carbocycles. The highest BCUT2D eigenvalue weighted by Gasteiger charge is 2.35. The molecule has 0 aliphatic carbocycles. The Balaban J connectivity index is 1.88. The Labute approximate surface area is 113 Å². The van der Waals surface area contributed by atoms with Gasteiger partial charge < -0.3 is 0 Å². The number of hydrazone groups is 1. The summed E-state index contributed by atoms with van der Waals surface area (Å²) in [5.41, 5.74) is 0.757. The van der Waals surface area contributed by atoms with Crippen LogP contribution in [0.2, 0.25) is 0 Å². The van der Waals surface area contributed by atoms with E-state index < -0.39 is 4.92 Å². The van der Waals surface area contributed by atoms with Crippen molar-refractivity contribution in [3.8, 4) is 0 Å². The fourth-order valence-corrected chi connectivity index (χ4v) is 2.18. The van der Waals surface area contributed by atoms with Crippen LogP contribution < -0.4 is 5.01 Å². The predicted octanol–water partition coefficient (Wildman–Crippen LogP) is 2.02. The summed E-state index contributed by atoms with van der Waals surface area (Å²) in [5.74, 6) is -0.165. The highest BCUT2D eigenvalue weighted by molar-refractivity contribution is 6.68. The summed E-state index contributed by atoms with van der Waals surface area (Å²) in [4.78, 5) is 18.3. The molecule has 0 N–H and O–H groups in total. The summed E-state index contributed by atoms with van der Waals surface area (Å²) in [5, 5.41) is 17.0. The number of hydrogen-bond acceptors (Lipinski definition) is 6. The molecule has 0 aromatic heterocycles. The molecule has 0 spiro atoms. The van der Waals surface area contributed by atoms with E-state index >= 15 is 0 Å². The molecule has 0 bridgehead atoms. The van der Waals surface area contributed by atoms with Gasteiger partial charge in [0.25, 0.3) is 5.69 Å². The van der Waals surface area contributed by atoms with Crippen LogP contribution in [0.1, 0.15) is 0 Å². The summed E-state index contributed by atoms with van der Waals surface area (Å²) in [6.45, 7) is 0. The molecule has 0 saturated heterocycles. The second-order valence-corrected chi connectivity index (χ2v) is 4.43. The Kier molecular flexibility index (Phi) is 2.75. The zero-order valence-corrected chi connectivity index (χ0v) is 10.3. The number of halogens is 1. The Hall–Kier alpha value is -2.28. The van der Waals surface area contributed by atoms with E-state index in [1.54, 1.807) is 23.4 Å². The standard InChI is InChI=1S/C11H8ClN5O2/c12-10-9-5-15-16(11(9)14-6-13-10)7-1-3-8(4-2-7)17(18)19/h1-6,9,11H. The first-order valence-corrected chi connectivity index (χ1v) is 5.87. The molecule has 2 atom stereocenters. The minimum atomic E-state index is -0.442. The average molecular weight is 278 g/mol. The number of non-ortho nitro benzene ring substituents is 1. The van der Waals surface area contributed by atoms with Gasteiger partial charge in [0.15, 0.2) is 6.17 Å². The fraction of sp³-hybridized carbons (Fsp3) is 0.182. The summed E-state index contributed by atoms with van der Waals surface area (Å²) in [7, 11) is 0. The van der Waals surface area contributed by atoms with Crippen LogP contribution in [0.25, 0.3) is 0 Å². The number of anilines is 1. The topological polar surface area (TPSA) is 83.5 Å². The number of nitrogens with zero attached hydrogens (tertiary/aromatic N) is 5. The van der Waals surface area contributed by atoms with Crippen LogP contribution in [0.15, 0.2) is 39.4 Å². The molecular weight excluding hydrogens is 270 g/mol. The molecule has 8 heteroatoms. The van der Waals surface area contributed by atoms with E-state index in [4.69, 9.17) is 11.6 Å². The lowest BCUT2D eigenvalue weighted by molar-refractivity contribution is -0.384. The molecule has 1 aromatic rings. The summed E-state index contributed by atoms with van der Waals surface area (Å²) < 4.78 is 0. The van der Waals surface area contributed by atoms with Crippen molar-refractivity contribution in [3.63, 3.8) is 0 Å². The van der Waals surface area contributed by atoms with Crippen molar-refractivity contribution < 1.29 is 4.92 Å². The van der Waals surface area contributed by atoms with E-state index in [1.807, 2.05) is 0 Å². The van der Waals surface area contributed by atoms with Crippen LogP contribution in [0.5, 0.6) is 0 Å². The number of fused-ring (bicyclic) bond motifs is 1. The molecule has 96 valence electrons. The van der Waals surface area contributed by atoms with Crippen LogP contribution in [-0.2, 0) is 0 Å². The van der Waals surface area contributed by atoms with Gasteiger partial charge in [-0.2, -0.15) is 5.10 Å². The Morgan fingerprint density at radius 2 is 2.05 bits per heavy atom. The van der Waals surface area contributed by atoms with Gasteiger partial charge >= 0.3 is 0 Å². The summed E-state index contributed by atoms with van der Waals surface area (Å²) >= 11 is 5.99. The van der Waals surface area contributed by atoms with E-state index in [2.05, 4.69) is 15.1 Å². The molecule has 2 aliphatic rings. The monoisotopic (exact) mass is 277 g/mol. The van der Waals surface area contributed by atoms with Gasteiger partial charge in [0.1, 0.15) is 11.5 Å². The SMILES string of the molecule is O=[N+]([O-])c1ccc(N2N=CC3C(Cl)=NC=NC32)cc1. The smallest absolute Gasteiger partial charge is 0.258 e. The molecule has 2 unspecified atom stereocenters. The molecule has 2 heterocycles.